The van der Waals surface area contributed by atoms with E-state index in [0.717, 1.165) is 12.8 Å². The molecular formula is C14H20N2O4. The Bertz CT molecular complexity index is 431. The van der Waals surface area contributed by atoms with E-state index in [0.29, 0.717) is 25.4 Å². The Hall–Kier alpha value is -2.08. The summed E-state index contributed by atoms with van der Waals surface area (Å²) in [5, 5.41) is 14.0. The topological polar surface area (TPSA) is 87.7 Å². The summed E-state index contributed by atoms with van der Waals surface area (Å²) >= 11 is 0. The van der Waals surface area contributed by atoms with Crippen LogP contribution in [-0.4, -0.2) is 36.9 Å². The van der Waals surface area contributed by atoms with Gasteiger partial charge in [-0.15, -0.1) is 0 Å². The SMILES string of the molecule is CCCCOCCNC(=O)Nc1ccc(C(=O)O)cc1. The van der Waals surface area contributed by atoms with Crippen LogP contribution in [-0.2, 0) is 4.74 Å². The molecule has 1 rings (SSSR count). The van der Waals surface area contributed by atoms with Gasteiger partial charge in [-0.3, -0.25) is 0 Å². The van der Waals surface area contributed by atoms with Crippen molar-refractivity contribution in [1.82, 2.24) is 5.32 Å². The molecule has 0 fully saturated rings. The third-order valence-electron chi connectivity index (χ3n) is 2.56. The van der Waals surface area contributed by atoms with Crippen molar-refractivity contribution < 1.29 is 19.4 Å². The molecule has 6 nitrogen and oxygen atoms in total. The van der Waals surface area contributed by atoms with Crippen LogP contribution in [0.25, 0.3) is 0 Å². The third kappa shape index (κ3) is 6.19. The normalized spacial score (nSPS) is 10.1. The number of rotatable bonds is 8. The van der Waals surface area contributed by atoms with Crippen molar-refractivity contribution in [2.45, 2.75) is 19.8 Å². The van der Waals surface area contributed by atoms with Crippen LogP contribution in [0.4, 0.5) is 10.5 Å². The molecule has 0 heterocycles. The fourth-order valence-corrected chi connectivity index (χ4v) is 1.46. The molecule has 0 saturated carbocycles. The molecule has 0 aliphatic heterocycles. The minimum absolute atomic E-state index is 0.181. The number of urea groups is 1. The highest BCUT2D eigenvalue weighted by Gasteiger charge is 2.04. The average Bonchev–Trinajstić information content (AvgIpc) is 2.43. The number of carboxylic acids is 1. The highest BCUT2D eigenvalue weighted by atomic mass is 16.5. The van der Waals surface area contributed by atoms with Crippen LogP contribution in [0.2, 0.25) is 0 Å². The minimum atomic E-state index is -0.995. The van der Waals surface area contributed by atoms with Crippen LogP contribution < -0.4 is 10.6 Å². The Morgan fingerprint density at radius 2 is 1.90 bits per heavy atom. The van der Waals surface area contributed by atoms with Crippen LogP contribution in [0.5, 0.6) is 0 Å². The molecule has 0 spiro atoms. The molecule has 1 aromatic carbocycles. The Labute approximate surface area is 118 Å². The van der Waals surface area contributed by atoms with Gasteiger partial charge in [-0.2, -0.15) is 0 Å². The summed E-state index contributed by atoms with van der Waals surface area (Å²) in [6.07, 6.45) is 2.10. The van der Waals surface area contributed by atoms with E-state index in [1.807, 2.05) is 0 Å². The fourth-order valence-electron chi connectivity index (χ4n) is 1.46. The summed E-state index contributed by atoms with van der Waals surface area (Å²) in [6.45, 7) is 3.70. The molecule has 1 aromatic rings. The number of benzene rings is 1. The first-order valence-corrected chi connectivity index (χ1v) is 6.59. The number of ether oxygens (including phenoxy) is 1. The summed E-state index contributed by atoms with van der Waals surface area (Å²) in [6, 6.07) is 5.62. The fraction of sp³-hybridized carbons (Fsp3) is 0.429. The lowest BCUT2D eigenvalue weighted by Gasteiger charge is -2.08. The summed E-state index contributed by atoms with van der Waals surface area (Å²) in [4.78, 5) is 22.2. The van der Waals surface area contributed by atoms with E-state index in [1.165, 1.54) is 12.1 Å². The van der Waals surface area contributed by atoms with Crippen molar-refractivity contribution >= 4 is 17.7 Å². The predicted molar refractivity (Wildman–Crippen MR) is 76.1 cm³/mol. The first-order chi connectivity index (χ1) is 9.63. The van der Waals surface area contributed by atoms with Gasteiger partial charge in [-0.25, -0.2) is 9.59 Å². The number of hydrogen-bond donors (Lipinski definition) is 3. The van der Waals surface area contributed by atoms with Crippen molar-refractivity contribution in [1.29, 1.82) is 0 Å². The lowest BCUT2D eigenvalue weighted by Crippen LogP contribution is -2.31. The van der Waals surface area contributed by atoms with Gasteiger partial charge in [-0.1, -0.05) is 13.3 Å². The van der Waals surface area contributed by atoms with Crippen molar-refractivity contribution in [3.05, 3.63) is 29.8 Å². The van der Waals surface area contributed by atoms with Gasteiger partial charge >= 0.3 is 12.0 Å². The number of nitrogens with one attached hydrogen (secondary N) is 2. The number of amides is 2. The number of hydrogen-bond acceptors (Lipinski definition) is 3. The van der Waals surface area contributed by atoms with Crippen LogP contribution >= 0.6 is 0 Å². The Morgan fingerprint density at radius 3 is 2.50 bits per heavy atom. The van der Waals surface area contributed by atoms with Gasteiger partial charge in [0.15, 0.2) is 0 Å². The van der Waals surface area contributed by atoms with Gasteiger partial charge < -0.3 is 20.5 Å². The maximum atomic E-state index is 11.5. The molecule has 3 N–H and O–H groups in total. The van der Waals surface area contributed by atoms with Gasteiger partial charge in [0.1, 0.15) is 0 Å². The Balaban J connectivity index is 2.23. The minimum Gasteiger partial charge on any atom is -0.478 e. The molecule has 6 heteroatoms. The summed E-state index contributed by atoms with van der Waals surface area (Å²) in [7, 11) is 0. The van der Waals surface area contributed by atoms with Crippen LogP contribution in [0.3, 0.4) is 0 Å². The van der Waals surface area contributed by atoms with E-state index in [1.54, 1.807) is 12.1 Å². The second-order valence-electron chi connectivity index (χ2n) is 4.23. The molecule has 2 amide bonds. The largest absolute Gasteiger partial charge is 0.478 e. The lowest BCUT2D eigenvalue weighted by molar-refractivity contribution is 0.0697. The second-order valence-corrected chi connectivity index (χ2v) is 4.23. The second kappa shape index (κ2) is 8.92. The molecule has 110 valence electrons. The first-order valence-electron chi connectivity index (χ1n) is 6.59. The predicted octanol–water partition coefficient (Wildman–Crippen LogP) is 2.32. The van der Waals surface area contributed by atoms with E-state index in [-0.39, 0.29) is 11.6 Å². The number of aromatic carboxylic acids is 1. The zero-order valence-corrected chi connectivity index (χ0v) is 11.5. The molecule has 0 saturated heterocycles. The van der Waals surface area contributed by atoms with Crippen molar-refractivity contribution in [3.63, 3.8) is 0 Å². The van der Waals surface area contributed by atoms with E-state index in [2.05, 4.69) is 17.6 Å². The monoisotopic (exact) mass is 280 g/mol. The van der Waals surface area contributed by atoms with E-state index in [9.17, 15) is 9.59 Å². The van der Waals surface area contributed by atoms with Gasteiger partial charge in [-0.05, 0) is 30.7 Å². The molecule has 0 aliphatic rings. The first kappa shape index (κ1) is 16.0. The number of carbonyl (C=O) groups is 2. The van der Waals surface area contributed by atoms with Crippen molar-refractivity contribution in [2.24, 2.45) is 0 Å². The van der Waals surface area contributed by atoms with Crippen molar-refractivity contribution in [3.8, 4) is 0 Å². The molecule has 0 aromatic heterocycles. The molecule has 0 unspecified atom stereocenters. The van der Waals surface area contributed by atoms with Crippen LogP contribution in [0.1, 0.15) is 30.1 Å². The maximum Gasteiger partial charge on any atom is 0.335 e. The average molecular weight is 280 g/mol. The molecule has 0 atom stereocenters. The van der Waals surface area contributed by atoms with E-state index < -0.39 is 5.97 Å². The van der Waals surface area contributed by atoms with Gasteiger partial charge in [0, 0.05) is 18.8 Å². The maximum absolute atomic E-state index is 11.5. The van der Waals surface area contributed by atoms with Gasteiger partial charge in [0.2, 0.25) is 0 Å². The van der Waals surface area contributed by atoms with Crippen molar-refractivity contribution in [2.75, 3.05) is 25.1 Å². The zero-order chi connectivity index (χ0) is 14.8. The number of unbranched alkanes of at least 4 members (excludes halogenated alkanes) is 1. The number of carboxylic acid groups (broad SMARTS) is 1. The third-order valence-corrected chi connectivity index (χ3v) is 2.56. The Morgan fingerprint density at radius 1 is 1.20 bits per heavy atom. The Kier molecular flexibility index (Phi) is 7.13. The van der Waals surface area contributed by atoms with Crippen LogP contribution in [0.15, 0.2) is 24.3 Å². The molecule has 0 aliphatic carbocycles. The summed E-state index contributed by atoms with van der Waals surface area (Å²) in [5.74, 6) is -0.995. The number of anilines is 1. The standard InChI is InChI=1S/C14H20N2O4/c1-2-3-9-20-10-8-15-14(19)16-12-6-4-11(5-7-12)13(17)18/h4-7H,2-3,8-10H2,1H3,(H,17,18)(H2,15,16,19). The lowest BCUT2D eigenvalue weighted by atomic mass is 10.2. The number of carbonyl (C=O) groups excluding carboxylic acids is 1. The van der Waals surface area contributed by atoms with E-state index in [4.69, 9.17) is 9.84 Å². The zero-order valence-electron chi connectivity index (χ0n) is 11.5. The summed E-state index contributed by atoms with van der Waals surface area (Å²) < 4.78 is 5.31. The molecular weight excluding hydrogens is 260 g/mol. The van der Waals surface area contributed by atoms with Gasteiger partial charge in [0.25, 0.3) is 0 Å². The summed E-state index contributed by atoms with van der Waals surface area (Å²) in [5.41, 5.74) is 0.722. The quantitative estimate of drug-likeness (QED) is 0.638. The molecule has 0 bridgehead atoms. The highest BCUT2D eigenvalue weighted by Crippen LogP contribution is 2.09. The highest BCUT2D eigenvalue weighted by molar-refractivity contribution is 5.91. The smallest absolute Gasteiger partial charge is 0.335 e. The molecule has 20 heavy (non-hydrogen) atoms. The van der Waals surface area contributed by atoms with E-state index >= 15 is 0 Å². The van der Waals surface area contributed by atoms with Crippen LogP contribution in [0, 0.1) is 0 Å². The molecule has 0 radical (unpaired) electrons. The van der Waals surface area contributed by atoms with Gasteiger partial charge in [0.05, 0.1) is 12.2 Å².